The van der Waals surface area contributed by atoms with Crippen molar-refractivity contribution in [3.8, 4) is 11.5 Å². The highest BCUT2D eigenvalue weighted by Gasteiger charge is 2.36. The van der Waals surface area contributed by atoms with Crippen LogP contribution in [0.15, 0.2) is 48.5 Å². The van der Waals surface area contributed by atoms with Gasteiger partial charge in [0.1, 0.15) is 11.5 Å². The van der Waals surface area contributed by atoms with E-state index in [2.05, 4.69) is 5.32 Å². The molecule has 1 atom stereocenters. The van der Waals surface area contributed by atoms with Gasteiger partial charge < -0.3 is 19.7 Å². The smallest absolute Gasteiger partial charge is 0.229 e. The predicted molar refractivity (Wildman–Crippen MR) is 95.1 cm³/mol. The fourth-order valence-corrected chi connectivity index (χ4v) is 2.95. The number of benzene rings is 2. The lowest BCUT2D eigenvalue weighted by atomic mass is 10.1. The molecule has 1 aliphatic heterocycles. The lowest BCUT2D eigenvalue weighted by Crippen LogP contribution is -2.28. The molecule has 3 rings (SSSR count). The Hall–Kier alpha value is -3.02. The molecule has 2 aromatic rings. The number of hydrogen-bond acceptors (Lipinski definition) is 4. The zero-order valence-electron chi connectivity index (χ0n) is 14.2. The van der Waals surface area contributed by atoms with E-state index in [1.807, 2.05) is 30.3 Å². The maximum atomic E-state index is 12.6. The topological polar surface area (TPSA) is 67.9 Å². The van der Waals surface area contributed by atoms with Gasteiger partial charge in [0.15, 0.2) is 0 Å². The van der Waals surface area contributed by atoms with Crippen molar-refractivity contribution in [3.05, 3.63) is 48.5 Å². The minimum atomic E-state index is -0.428. The second-order valence-corrected chi connectivity index (χ2v) is 5.77. The summed E-state index contributed by atoms with van der Waals surface area (Å²) in [6.45, 7) is 0.320. The number of carbonyl (C=O) groups is 2. The predicted octanol–water partition coefficient (Wildman–Crippen LogP) is 2.70. The summed E-state index contributed by atoms with van der Waals surface area (Å²) in [5, 5.41) is 2.85. The number of hydrogen-bond donors (Lipinski definition) is 1. The lowest BCUT2D eigenvalue weighted by molar-refractivity contribution is -0.122. The molecule has 0 saturated carbocycles. The van der Waals surface area contributed by atoms with E-state index in [0.29, 0.717) is 29.4 Å². The molecule has 25 heavy (non-hydrogen) atoms. The zero-order chi connectivity index (χ0) is 17.8. The summed E-state index contributed by atoms with van der Waals surface area (Å²) in [5.74, 6) is 0.477. The second kappa shape index (κ2) is 7.25. The molecule has 6 nitrogen and oxygen atoms in total. The average molecular weight is 340 g/mol. The number of nitrogens with one attached hydrogen (secondary N) is 1. The van der Waals surface area contributed by atoms with Crippen LogP contribution in [0.25, 0.3) is 0 Å². The Morgan fingerprint density at radius 2 is 1.68 bits per heavy atom. The zero-order valence-corrected chi connectivity index (χ0v) is 14.2. The molecule has 0 unspecified atom stereocenters. The van der Waals surface area contributed by atoms with Crippen LogP contribution >= 0.6 is 0 Å². The molecule has 1 fully saturated rings. The van der Waals surface area contributed by atoms with Crippen molar-refractivity contribution in [3.63, 3.8) is 0 Å². The third-order valence-corrected chi connectivity index (χ3v) is 4.24. The van der Waals surface area contributed by atoms with Crippen molar-refractivity contribution < 1.29 is 19.1 Å². The van der Waals surface area contributed by atoms with Crippen LogP contribution in [0.3, 0.4) is 0 Å². The molecule has 1 aliphatic rings. The Bertz CT molecular complexity index is 790. The number of carbonyl (C=O) groups excluding carboxylic acids is 2. The van der Waals surface area contributed by atoms with E-state index in [-0.39, 0.29) is 18.2 Å². The SMILES string of the molecule is COc1ccccc1NC(=O)[C@H]1CC(=O)N(c2ccccc2OC)C1. The molecule has 0 spiro atoms. The molecule has 6 heteroatoms. The van der Waals surface area contributed by atoms with Crippen LogP contribution in [0.1, 0.15) is 6.42 Å². The van der Waals surface area contributed by atoms with Gasteiger partial charge in [-0.05, 0) is 24.3 Å². The minimum absolute atomic E-state index is 0.0929. The Labute approximate surface area is 146 Å². The number of para-hydroxylation sites is 4. The molecule has 2 aromatic carbocycles. The maximum absolute atomic E-state index is 12.6. The number of nitrogens with zero attached hydrogens (tertiary/aromatic N) is 1. The number of methoxy groups -OCH3 is 2. The molecular formula is C19H20N2O4. The van der Waals surface area contributed by atoms with Crippen LogP contribution in [0, 0.1) is 5.92 Å². The Morgan fingerprint density at radius 1 is 1.04 bits per heavy atom. The highest BCUT2D eigenvalue weighted by molar-refractivity contribution is 6.04. The normalized spacial score (nSPS) is 16.6. The standard InChI is InChI=1S/C19H20N2O4/c1-24-16-9-5-3-7-14(16)20-19(23)13-11-18(22)21(12-13)15-8-4-6-10-17(15)25-2/h3-10,13H,11-12H2,1-2H3,(H,20,23)/t13-/m0/s1. The van der Waals surface area contributed by atoms with E-state index in [0.717, 1.165) is 0 Å². The molecule has 0 aliphatic carbocycles. The van der Waals surface area contributed by atoms with Gasteiger partial charge in [0.05, 0.1) is 31.5 Å². The summed E-state index contributed by atoms with van der Waals surface area (Å²) in [4.78, 5) is 26.6. The second-order valence-electron chi connectivity index (χ2n) is 5.77. The molecule has 0 bridgehead atoms. The molecule has 130 valence electrons. The van der Waals surface area contributed by atoms with E-state index < -0.39 is 5.92 Å². The summed E-state index contributed by atoms with van der Waals surface area (Å²) >= 11 is 0. The van der Waals surface area contributed by atoms with Crippen molar-refractivity contribution in [1.82, 2.24) is 0 Å². The monoisotopic (exact) mass is 340 g/mol. The van der Waals surface area contributed by atoms with Gasteiger partial charge in [-0.2, -0.15) is 0 Å². The summed E-state index contributed by atoms with van der Waals surface area (Å²) in [6, 6.07) is 14.5. The summed E-state index contributed by atoms with van der Waals surface area (Å²) in [5.41, 5.74) is 1.28. The van der Waals surface area contributed by atoms with Gasteiger partial charge in [-0.1, -0.05) is 24.3 Å². The molecule has 1 saturated heterocycles. The molecular weight excluding hydrogens is 320 g/mol. The van der Waals surface area contributed by atoms with Gasteiger partial charge in [-0.3, -0.25) is 9.59 Å². The third-order valence-electron chi connectivity index (χ3n) is 4.24. The van der Waals surface area contributed by atoms with Crippen molar-refractivity contribution in [2.24, 2.45) is 5.92 Å². The van der Waals surface area contributed by atoms with Gasteiger partial charge in [0.2, 0.25) is 11.8 Å². The average Bonchev–Trinajstić information content (AvgIpc) is 3.03. The fourth-order valence-electron chi connectivity index (χ4n) is 2.95. The van der Waals surface area contributed by atoms with E-state index in [1.165, 1.54) is 0 Å². The van der Waals surface area contributed by atoms with Gasteiger partial charge >= 0.3 is 0 Å². The first kappa shape index (κ1) is 16.8. The molecule has 0 aromatic heterocycles. The largest absolute Gasteiger partial charge is 0.495 e. The van der Waals surface area contributed by atoms with Gasteiger partial charge in [0.25, 0.3) is 0 Å². The maximum Gasteiger partial charge on any atom is 0.229 e. The lowest BCUT2D eigenvalue weighted by Gasteiger charge is -2.19. The van der Waals surface area contributed by atoms with Crippen molar-refractivity contribution in [2.45, 2.75) is 6.42 Å². The molecule has 2 amide bonds. The van der Waals surface area contributed by atoms with Crippen LogP contribution in [0.5, 0.6) is 11.5 Å². The Morgan fingerprint density at radius 3 is 2.40 bits per heavy atom. The van der Waals surface area contributed by atoms with Crippen LogP contribution in [-0.2, 0) is 9.59 Å². The Kier molecular flexibility index (Phi) is 4.88. The van der Waals surface area contributed by atoms with Crippen LogP contribution < -0.4 is 19.7 Å². The van der Waals surface area contributed by atoms with Crippen LogP contribution in [0.2, 0.25) is 0 Å². The number of amides is 2. The number of anilines is 2. The first-order valence-corrected chi connectivity index (χ1v) is 8.01. The van der Waals surface area contributed by atoms with Crippen LogP contribution in [-0.4, -0.2) is 32.6 Å². The fraction of sp³-hybridized carbons (Fsp3) is 0.263. The van der Waals surface area contributed by atoms with Gasteiger partial charge in [-0.25, -0.2) is 0 Å². The number of rotatable bonds is 5. The van der Waals surface area contributed by atoms with E-state index in [4.69, 9.17) is 9.47 Å². The van der Waals surface area contributed by atoms with Gasteiger partial charge in [0, 0.05) is 13.0 Å². The van der Waals surface area contributed by atoms with Gasteiger partial charge in [-0.15, -0.1) is 0 Å². The first-order chi connectivity index (χ1) is 12.1. The molecule has 0 radical (unpaired) electrons. The highest BCUT2D eigenvalue weighted by Crippen LogP contribution is 2.33. The Balaban J connectivity index is 1.75. The molecule has 1 heterocycles. The molecule has 1 N–H and O–H groups in total. The summed E-state index contributed by atoms with van der Waals surface area (Å²) < 4.78 is 10.6. The van der Waals surface area contributed by atoms with Crippen molar-refractivity contribution in [2.75, 3.05) is 31.0 Å². The summed E-state index contributed by atoms with van der Waals surface area (Å²) in [6.07, 6.45) is 0.166. The van der Waals surface area contributed by atoms with E-state index in [1.54, 1.807) is 37.3 Å². The van der Waals surface area contributed by atoms with E-state index in [9.17, 15) is 9.59 Å². The number of ether oxygens (including phenoxy) is 2. The summed E-state index contributed by atoms with van der Waals surface area (Å²) in [7, 11) is 3.11. The quantitative estimate of drug-likeness (QED) is 0.909. The van der Waals surface area contributed by atoms with Crippen LogP contribution in [0.4, 0.5) is 11.4 Å². The third kappa shape index (κ3) is 3.42. The first-order valence-electron chi connectivity index (χ1n) is 8.01. The van der Waals surface area contributed by atoms with E-state index >= 15 is 0 Å². The highest BCUT2D eigenvalue weighted by atomic mass is 16.5. The van der Waals surface area contributed by atoms with Crippen molar-refractivity contribution in [1.29, 1.82) is 0 Å². The minimum Gasteiger partial charge on any atom is -0.495 e. The van der Waals surface area contributed by atoms with Crippen molar-refractivity contribution >= 4 is 23.2 Å².